The van der Waals surface area contributed by atoms with Crippen LogP contribution in [0, 0.1) is 0 Å². The monoisotopic (exact) mass is 330 g/mol. The second-order valence-electron chi connectivity index (χ2n) is 5.19. The molecule has 2 rings (SSSR count). The molecule has 8 heteroatoms. The molecule has 0 spiro atoms. The molecule has 118 valence electrons. The van der Waals surface area contributed by atoms with E-state index in [0.29, 0.717) is 6.04 Å². The van der Waals surface area contributed by atoms with E-state index in [4.69, 9.17) is 5.11 Å². The van der Waals surface area contributed by atoms with Gasteiger partial charge in [-0.05, 0) is 19.1 Å². The highest BCUT2D eigenvalue weighted by Gasteiger charge is 2.26. The molecule has 0 saturated heterocycles. The van der Waals surface area contributed by atoms with Crippen LogP contribution in [-0.2, 0) is 4.79 Å². The third kappa shape index (κ3) is 4.29. The molecule has 0 radical (unpaired) electrons. The fraction of sp³-hybridized carbons (Fsp3) is 0.769. The zero-order valence-electron chi connectivity index (χ0n) is 12.5. The minimum atomic E-state index is -0.821. The highest BCUT2D eigenvalue weighted by molar-refractivity contribution is 7.99. The van der Waals surface area contributed by atoms with Gasteiger partial charge in [-0.3, -0.25) is 9.36 Å². The van der Waals surface area contributed by atoms with Crippen LogP contribution in [0.2, 0.25) is 0 Å². The summed E-state index contributed by atoms with van der Waals surface area (Å²) in [5, 5.41) is 18.1. The van der Waals surface area contributed by atoms with Crippen LogP contribution in [0.5, 0.6) is 0 Å². The van der Waals surface area contributed by atoms with Crippen LogP contribution < -0.4 is 4.90 Å². The van der Waals surface area contributed by atoms with E-state index < -0.39 is 5.97 Å². The number of carbonyl (C=O) groups is 1. The van der Waals surface area contributed by atoms with Crippen molar-refractivity contribution in [2.75, 3.05) is 36.3 Å². The van der Waals surface area contributed by atoms with E-state index in [1.807, 2.05) is 7.05 Å². The van der Waals surface area contributed by atoms with E-state index in [9.17, 15) is 4.79 Å². The quantitative estimate of drug-likeness (QED) is 0.734. The van der Waals surface area contributed by atoms with Crippen LogP contribution in [0.3, 0.4) is 0 Å². The van der Waals surface area contributed by atoms with Gasteiger partial charge in [-0.1, -0.05) is 24.6 Å². The molecular weight excluding hydrogens is 308 g/mol. The van der Waals surface area contributed by atoms with E-state index in [1.165, 1.54) is 24.6 Å². The fourth-order valence-corrected chi connectivity index (χ4v) is 3.74. The number of aliphatic carboxylic acids is 1. The van der Waals surface area contributed by atoms with E-state index in [0.717, 1.165) is 36.2 Å². The highest BCUT2D eigenvalue weighted by atomic mass is 32.2. The minimum Gasteiger partial charge on any atom is -0.481 e. The zero-order chi connectivity index (χ0) is 15.2. The summed E-state index contributed by atoms with van der Waals surface area (Å²) in [5.41, 5.74) is 0. The smallest absolute Gasteiger partial charge is 0.313 e. The van der Waals surface area contributed by atoms with Crippen molar-refractivity contribution in [1.82, 2.24) is 14.8 Å². The Morgan fingerprint density at radius 3 is 2.76 bits per heavy atom. The van der Waals surface area contributed by atoms with Gasteiger partial charge in [0.05, 0.1) is 5.75 Å². The average molecular weight is 330 g/mol. The first-order valence-electron chi connectivity index (χ1n) is 7.13. The van der Waals surface area contributed by atoms with Crippen molar-refractivity contribution in [2.45, 2.75) is 36.9 Å². The maximum atomic E-state index is 10.8. The molecule has 1 aliphatic rings. The Morgan fingerprint density at radius 2 is 2.14 bits per heavy atom. The van der Waals surface area contributed by atoms with Crippen LogP contribution in [0.4, 0.5) is 5.95 Å². The van der Waals surface area contributed by atoms with Crippen molar-refractivity contribution >= 4 is 35.4 Å². The van der Waals surface area contributed by atoms with Crippen LogP contribution >= 0.6 is 23.5 Å². The minimum absolute atomic E-state index is 0.0272. The van der Waals surface area contributed by atoms with Crippen molar-refractivity contribution < 1.29 is 9.90 Å². The average Bonchev–Trinajstić information content (AvgIpc) is 3.10. The number of nitrogens with zero attached hydrogens (tertiary/aromatic N) is 4. The van der Waals surface area contributed by atoms with E-state index in [2.05, 4.69) is 25.9 Å². The second kappa shape index (κ2) is 7.93. The molecule has 1 saturated carbocycles. The van der Waals surface area contributed by atoms with Gasteiger partial charge in [0.1, 0.15) is 0 Å². The number of anilines is 1. The molecule has 1 N–H and O–H groups in total. The summed E-state index contributed by atoms with van der Waals surface area (Å²) >= 11 is 3.06. The van der Waals surface area contributed by atoms with Gasteiger partial charge in [0.15, 0.2) is 5.16 Å². The molecule has 0 aromatic carbocycles. The SMILES string of the molecule is CSCCN(C)c1nnc(SCC(=O)O)n1C1CCCC1. The van der Waals surface area contributed by atoms with Gasteiger partial charge >= 0.3 is 5.97 Å². The van der Waals surface area contributed by atoms with Gasteiger partial charge in [-0.25, -0.2) is 0 Å². The summed E-state index contributed by atoms with van der Waals surface area (Å²) in [6.45, 7) is 0.912. The molecule has 1 aliphatic carbocycles. The molecular formula is C13H22N4O2S2. The molecule has 1 fully saturated rings. The zero-order valence-corrected chi connectivity index (χ0v) is 14.1. The number of hydrogen-bond donors (Lipinski definition) is 1. The molecule has 1 aromatic rings. The highest BCUT2D eigenvalue weighted by Crippen LogP contribution is 2.35. The topological polar surface area (TPSA) is 71.2 Å². The Bertz CT molecular complexity index is 475. The van der Waals surface area contributed by atoms with Crippen LogP contribution in [0.25, 0.3) is 0 Å². The maximum absolute atomic E-state index is 10.8. The van der Waals surface area contributed by atoms with Gasteiger partial charge in [-0.2, -0.15) is 11.8 Å². The first-order valence-corrected chi connectivity index (χ1v) is 9.51. The molecule has 6 nitrogen and oxygen atoms in total. The summed E-state index contributed by atoms with van der Waals surface area (Å²) in [4.78, 5) is 12.9. The molecule has 0 amide bonds. The van der Waals surface area contributed by atoms with E-state index in [-0.39, 0.29) is 5.75 Å². The Kier molecular flexibility index (Phi) is 6.22. The van der Waals surface area contributed by atoms with Gasteiger partial charge in [0, 0.05) is 25.4 Å². The third-order valence-electron chi connectivity index (χ3n) is 3.63. The standard InChI is InChI=1S/C13H22N4O2S2/c1-16(7-8-20-2)12-14-15-13(21-9-11(18)19)17(12)10-5-3-4-6-10/h10H,3-9H2,1-2H3,(H,18,19). The van der Waals surface area contributed by atoms with Crippen molar-refractivity contribution in [2.24, 2.45) is 0 Å². The Labute approximate surface area is 133 Å². The lowest BCUT2D eigenvalue weighted by molar-refractivity contribution is -0.133. The Hall–Kier alpha value is -0.890. The Morgan fingerprint density at radius 1 is 1.43 bits per heavy atom. The summed E-state index contributed by atoms with van der Waals surface area (Å²) in [7, 11) is 2.03. The molecule has 1 aromatic heterocycles. The third-order valence-corrected chi connectivity index (χ3v) is 5.15. The predicted molar refractivity (Wildman–Crippen MR) is 87.5 cm³/mol. The molecule has 0 bridgehead atoms. The van der Waals surface area contributed by atoms with Crippen LogP contribution in [-0.4, -0.2) is 57.2 Å². The van der Waals surface area contributed by atoms with Crippen LogP contribution in [0.15, 0.2) is 5.16 Å². The van der Waals surface area contributed by atoms with Gasteiger partial charge < -0.3 is 10.0 Å². The van der Waals surface area contributed by atoms with Gasteiger partial charge in [-0.15, -0.1) is 10.2 Å². The maximum Gasteiger partial charge on any atom is 0.313 e. The predicted octanol–water partition coefficient (Wildman–Crippen LogP) is 2.37. The number of thioether (sulfide) groups is 2. The number of carboxylic acids is 1. The van der Waals surface area contributed by atoms with Crippen LogP contribution in [0.1, 0.15) is 31.7 Å². The number of carboxylic acid groups (broad SMARTS) is 1. The summed E-state index contributed by atoms with van der Waals surface area (Å²) < 4.78 is 2.15. The Balaban J connectivity index is 2.20. The fourth-order valence-electron chi connectivity index (χ4n) is 2.56. The van der Waals surface area contributed by atoms with Crippen molar-refractivity contribution in [3.05, 3.63) is 0 Å². The van der Waals surface area contributed by atoms with E-state index >= 15 is 0 Å². The first kappa shape index (κ1) is 16.5. The second-order valence-corrected chi connectivity index (χ2v) is 7.12. The summed E-state index contributed by atoms with van der Waals surface area (Å²) in [6, 6.07) is 0.406. The summed E-state index contributed by atoms with van der Waals surface area (Å²) in [5.74, 6) is 1.10. The summed E-state index contributed by atoms with van der Waals surface area (Å²) in [6.07, 6.45) is 6.79. The van der Waals surface area contributed by atoms with Gasteiger partial charge in [0.25, 0.3) is 0 Å². The largest absolute Gasteiger partial charge is 0.481 e. The molecule has 0 aliphatic heterocycles. The number of rotatable bonds is 8. The lowest BCUT2D eigenvalue weighted by Gasteiger charge is -2.22. The van der Waals surface area contributed by atoms with Crippen molar-refractivity contribution in [3.8, 4) is 0 Å². The molecule has 0 unspecified atom stereocenters. The number of aromatic nitrogens is 3. The molecule has 21 heavy (non-hydrogen) atoms. The van der Waals surface area contributed by atoms with Crippen molar-refractivity contribution in [3.63, 3.8) is 0 Å². The first-order chi connectivity index (χ1) is 10.1. The van der Waals surface area contributed by atoms with Crippen molar-refractivity contribution in [1.29, 1.82) is 0 Å². The lowest BCUT2D eigenvalue weighted by atomic mass is 10.2. The lowest BCUT2D eigenvalue weighted by Crippen LogP contribution is -2.25. The molecule has 1 heterocycles. The van der Waals surface area contributed by atoms with Gasteiger partial charge in [0.2, 0.25) is 5.95 Å². The normalized spacial score (nSPS) is 15.5. The number of hydrogen-bond acceptors (Lipinski definition) is 6. The van der Waals surface area contributed by atoms with E-state index in [1.54, 1.807) is 11.8 Å². The molecule has 0 atom stereocenters.